The zero-order valence-electron chi connectivity index (χ0n) is 12.2. The minimum absolute atomic E-state index is 0.681. The Labute approximate surface area is 126 Å². The van der Waals surface area contributed by atoms with Gasteiger partial charge in [-0.1, -0.05) is 54.2 Å². The van der Waals surface area contributed by atoms with Gasteiger partial charge in [0.15, 0.2) is 0 Å². The van der Waals surface area contributed by atoms with E-state index >= 15 is 0 Å². The highest BCUT2D eigenvalue weighted by atomic mass is 79.9. The molecule has 1 aromatic rings. The second kappa shape index (κ2) is 7.44. The maximum Gasteiger partial charge on any atom is 0.0178 e. The van der Waals surface area contributed by atoms with Gasteiger partial charge in [-0.25, -0.2) is 0 Å². The highest BCUT2D eigenvalue weighted by Crippen LogP contribution is 2.37. The van der Waals surface area contributed by atoms with Gasteiger partial charge in [0.1, 0.15) is 0 Å². The Balaban J connectivity index is 1.68. The third kappa shape index (κ3) is 4.61. The van der Waals surface area contributed by atoms with Gasteiger partial charge in [-0.05, 0) is 49.8 Å². The molecule has 1 atom stereocenters. The van der Waals surface area contributed by atoms with Crippen LogP contribution in [0.1, 0.15) is 63.9 Å². The van der Waals surface area contributed by atoms with Crippen molar-refractivity contribution < 1.29 is 0 Å². The second-order valence-corrected chi connectivity index (χ2v) is 6.90. The van der Waals surface area contributed by atoms with Gasteiger partial charge in [0, 0.05) is 16.6 Å². The van der Waals surface area contributed by atoms with E-state index in [1.807, 2.05) is 0 Å². The van der Waals surface area contributed by atoms with Crippen molar-refractivity contribution in [2.75, 3.05) is 0 Å². The fourth-order valence-electron chi connectivity index (χ4n) is 2.97. The van der Waals surface area contributed by atoms with Crippen molar-refractivity contribution in [3.63, 3.8) is 0 Å². The third-order valence-corrected chi connectivity index (χ3v) is 4.71. The molecule has 1 fully saturated rings. The summed E-state index contributed by atoms with van der Waals surface area (Å²) in [4.78, 5) is 0. The van der Waals surface area contributed by atoms with E-state index in [1.165, 1.54) is 48.6 Å². The van der Waals surface area contributed by atoms with Crippen LogP contribution in [0.5, 0.6) is 0 Å². The summed E-state index contributed by atoms with van der Waals surface area (Å²) in [6, 6.07) is 10.2. The van der Waals surface area contributed by atoms with Crippen molar-refractivity contribution in [3.8, 4) is 0 Å². The topological polar surface area (TPSA) is 12.0 Å². The van der Waals surface area contributed by atoms with Gasteiger partial charge in [-0.2, -0.15) is 0 Å². The first kappa shape index (κ1) is 15.1. The fourth-order valence-corrected chi connectivity index (χ4v) is 3.39. The first-order valence-electron chi connectivity index (χ1n) is 7.70. The number of benzene rings is 1. The molecule has 0 aliphatic heterocycles. The average molecular weight is 324 g/mol. The number of hydrogen-bond acceptors (Lipinski definition) is 1. The van der Waals surface area contributed by atoms with Crippen molar-refractivity contribution in [2.24, 2.45) is 0 Å². The molecule has 1 N–H and O–H groups in total. The molecule has 1 unspecified atom stereocenters. The summed E-state index contributed by atoms with van der Waals surface area (Å²) in [5.41, 5.74) is 1.49. The van der Waals surface area contributed by atoms with E-state index in [0.29, 0.717) is 6.04 Å². The molecule has 1 aliphatic rings. The molecule has 0 spiro atoms. The van der Waals surface area contributed by atoms with E-state index in [-0.39, 0.29) is 0 Å². The largest absolute Gasteiger partial charge is 0.311 e. The van der Waals surface area contributed by atoms with Gasteiger partial charge in [0.05, 0.1) is 0 Å². The molecule has 0 heterocycles. The molecule has 1 nitrogen and oxygen atoms in total. The third-order valence-electron chi connectivity index (χ3n) is 4.22. The molecule has 1 aromatic carbocycles. The number of unbranched alkanes of at least 4 members (excludes halogenated alkanes) is 2. The Hall–Kier alpha value is -0.340. The quantitative estimate of drug-likeness (QED) is 0.675. The highest BCUT2D eigenvalue weighted by molar-refractivity contribution is 9.10. The van der Waals surface area contributed by atoms with Crippen molar-refractivity contribution in [1.29, 1.82) is 0 Å². The summed E-state index contributed by atoms with van der Waals surface area (Å²) in [7, 11) is 0. The zero-order chi connectivity index (χ0) is 13.7. The van der Waals surface area contributed by atoms with Gasteiger partial charge in [-0.3, -0.25) is 0 Å². The molecule has 1 aliphatic carbocycles. The average Bonchev–Trinajstić information content (AvgIpc) is 2.33. The Morgan fingerprint density at radius 3 is 2.79 bits per heavy atom. The molecule has 106 valence electrons. The summed E-state index contributed by atoms with van der Waals surface area (Å²) >= 11 is 3.56. The zero-order valence-corrected chi connectivity index (χ0v) is 13.7. The van der Waals surface area contributed by atoms with E-state index in [4.69, 9.17) is 0 Å². The molecule has 2 heteroatoms. The molecule has 19 heavy (non-hydrogen) atoms. The Bertz CT molecular complexity index is 385. The van der Waals surface area contributed by atoms with Crippen LogP contribution < -0.4 is 5.32 Å². The Morgan fingerprint density at radius 1 is 1.32 bits per heavy atom. The smallest absolute Gasteiger partial charge is 0.0178 e. The van der Waals surface area contributed by atoms with Crippen LogP contribution in [0.3, 0.4) is 0 Å². The van der Waals surface area contributed by atoms with Crippen LogP contribution in [0.2, 0.25) is 0 Å². The molecule has 0 radical (unpaired) electrons. The summed E-state index contributed by atoms with van der Waals surface area (Å²) < 4.78 is 1.20. The Kier molecular flexibility index (Phi) is 5.90. The van der Waals surface area contributed by atoms with E-state index in [9.17, 15) is 0 Å². The molecule has 1 saturated carbocycles. The van der Waals surface area contributed by atoms with Crippen LogP contribution in [-0.4, -0.2) is 12.1 Å². The lowest BCUT2D eigenvalue weighted by Gasteiger charge is -2.38. The summed E-state index contributed by atoms with van der Waals surface area (Å²) in [6.07, 6.45) is 7.99. The normalized spacial score (nSPS) is 23.9. The SMILES string of the molecule is CCCCCC(C)NC1CC(c2cccc(Br)c2)C1. The van der Waals surface area contributed by atoms with Crippen molar-refractivity contribution in [2.45, 2.75) is 70.4 Å². The second-order valence-electron chi connectivity index (χ2n) is 5.98. The predicted molar refractivity (Wildman–Crippen MR) is 86.6 cm³/mol. The van der Waals surface area contributed by atoms with E-state index in [1.54, 1.807) is 0 Å². The lowest BCUT2D eigenvalue weighted by Crippen LogP contribution is -2.44. The number of halogens is 1. The van der Waals surface area contributed by atoms with Crippen LogP contribution >= 0.6 is 15.9 Å². The van der Waals surface area contributed by atoms with Crippen LogP contribution in [0.25, 0.3) is 0 Å². The lowest BCUT2D eigenvalue weighted by atomic mass is 9.75. The molecule has 0 aromatic heterocycles. The first-order chi connectivity index (χ1) is 9.19. The molecular weight excluding hydrogens is 298 g/mol. The molecule has 0 saturated heterocycles. The first-order valence-corrected chi connectivity index (χ1v) is 8.50. The standard InChI is InChI=1S/C17H26BrN/c1-3-4-5-7-13(2)19-17-11-15(12-17)14-8-6-9-16(18)10-14/h6,8-10,13,15,17,19H,3-5,7,11-12H2,1-2H3. The Morgan fingerprint density at radius 2 is 2.11 bits per heavy atom. The number of rotatable bonds is 7. The number of nitrogens with one attached hydrogen (secondary N) is 1. The highest BCUT2D eigenvalue weighted by Gasteiger charge is 2.30. The minimum Gasteiger partial charge on any atom is -0.311 e. The van der Waals surface area contributed by atoms with Crippen molar-refractivity contribution in [3.05, 3.63) is 34.3 Å². The van der Waals surface area contributed by atoms with Gasteiger partial charge in [0.2, 0.25) is 0 Å². The van der Waals surface area contributed by atoms with Crippen molar-refractivity contribution in [1.82, 2.24) is 5.32 Å². The van der Waals surface area contributed by atoms with Gasteiger partial charge >= 0.3 is 0 Å². The van der Waals surface area contributed by atoms with Crippen molar-refractivity contribution >= 4 is 15.9 Å². The summed E-state index contributed by atoms with van der Waals surface area (Å²) in [6.45, 7) is 4.61. The minimum atomic E-state index is 0.681. The maximum atomic E-state index is 3.78. The molecule has 0 amide bonds. The van der Waals surface area contributed by atoms with E-state index < -0.39 is 0 Å². The van der Waals surface area contributed by atoms with Gasteiger partial charge < -0.3 is 5.32 Å². The van der Waals surface area contributed by atoms with Crippen LogP contribution in [0.4, 0.5) is 0 Å². The molecule has 0 bridgehead atoms. The predicted octanol–water partition coefficient (Wildman–Crippen LogP) is 5.25. The van der Waals surface area contributed by atoms with Crippen LogP contribution in [0.15, 0.2) is 28.7 Å². The van der Waals surface area contributed by atoms with Crippen LogP contribution in [0, 0.1) is 0 Å². The maximum absolute atomic E-state index is 3.78. The molecule has 2 rings (SSSR count). The number of hydrogen-bond donors (Lipinski definition) is 1. The van der Waals surface area contributed by atoms with E-state index in [2.05, 4.69) is 59.4 Å². The summed E-state index contributed by atoms with van der Waals surface area (Å²) in [5.74, 6) is 0.762. The summed E-state index contributed by atoms with van der Waals surface area (Å²) in [5, 5.41) is 3.78. The monoisotopic (exact) mass is 323 g/mol. The lowest BCUT2D eigenvalue weighted by molar-refractivity contribution is 0.263. The van der Waals surface area contributed by atoms with Gasteiger partial charge in [-0.15, -0.1) is 0 Å². The molecular formula is C17H26BrN. The van der Waals surface area contributed by atoms with Gasteiger partial charge in [0.25, 0.3) is 0 Å². The van der Waals surface area contributed by atoms with E-state index in [0.717, 1.165) is 12.0 Å². The fraction of sp³-hybridized carbons (Fsp3) is 0.647. The van der Waals surface area contributed by atoms with Crippen LogP contribution in [-0.2, 0) is 0 Å².